The third-order valence-electron chi connectivity index (χ3n) is 20.9. The van der Waals surface area contributed by atoms with E-state index in [1.807, 2.05) is 116 Å². The van der Waals surface area contributed by atoms with Gasteiger partial charge < -0.3 is 65.8 Å². The van der Waals surface area contributed by atoms with Crippen molar-refractivity contribution in [2.45, 2.75) is 90.9 Å². The monoisotopic (exact) mass is 1800 g/mol. The van der Waals surface area contributed by atoms with Crippen LogP contribution in [0.4, 0.5) is 8.78 Å². The summed E-state index contributed by atoms with van der Waals surface area (Å²) >= 11 is 8.11. The Hall–Kier alpha value is -13.6. The molecule has 124 heavy (non-hydrogen) atoms. The highest BCUT2D eigenvalue weighted by atomic mass is 79.9. The molecule has 1 saturated carbocycles. The van der Waals surface area contributed by atoms with E-state index < -0.39 is 56.4 Å². The van der Waals surface area contributed by atoms with E-state index in [1.165, 1.54) is 56.8 Å². The molecule has 10 aromatic carbocycles. The summed E-state index contributed by atoms with van der Waals surface area (Å²) in [6, 6.07) is 69.3. The highest BCUT2D eigenvalue weighted by Crippen LogP contribution is 2.43. The first-order valence-corrected chi connectivity index (χ1v) is 42.5. The fourth-order valence-corrected chi connectivity index (χ4v) is 18.6. The van der Waals surface area contributed by atoms with Crippen molar-refractivity contribution in [3.63, 3.8) is 0 Å². The van der Waals surface area contributed by atoms with Gasteiger partial charge in [0, 0.05) is 63.6 Å². The van der Waals surface area contributed by atoms with Crippen LogP contribution in [-0.4, -0.2) is 52.9 Å². The predicted octanol–water partition coefficient (Wildman–Crippen LogP) is 20.0. The van der Waals surface area contributed by atoms with Crippen LogP contribution >= 0.6 is 63.0 Å². The topological polar surface area (TPSA) is 308 Å². The molecule has 0 radical (unpaired) electrons. The number of benzene rings is 10. The number of halogens is 3. The first kappa shape index (κ1) is 84.0. The summed E-state index contributed by atoms with van der Waals surface area (Å²) in [7, 11) is 4.67. The third-order valence-corrected chi connectivity index (χ3v) is 25.6. The molecular weight excluding hydrogens is 1730 g/mol. The SMILES string of the molecule is COc1ccc(Sc2c(O)c3c(=O)n(C)c4ccc(OC)cc4c3oc2=O)cc1.Cc1ccc(Sc2c(O)c3c(=O)n(C4CCCC4)c4ccccc4c3oc2=O)cc1.O=c1cc(O)c2c(=O)n(Cc3ccc(F)cc3)c3cc(Sc4ccccc4)ccc3c2o1.O=c1oc2c(c(O)c1Sc1ccccc1)c(=O)n(Cc1ccc(F)cc1)c1cc(Br)ccc21. The first-order chi connectivity index (χ1) is 59.9. The van der Waals surface area contributed by atoms with Gasteiger partial charge in [0.15, 0.2) is 39.6 Å². The van der Waals surface area contributed by atoms with Crippen LogP contribution in [0, 0.1) is 18.6 Å². The van der Waals surface area contributed by atoms with Gasteiger partial charge in [-0.2, -0.15) is 0 Å². The Morgan fingerprint density at radius 2 is 0.831 bits per heavy atom. The number of aryl methyl sites for hydroxylation is 2. The van der Waals surface area contributed by atoms with E-state index in [1.54, 1.807) is 122 Å². The molecule has 8 heterocycles. The molecule has 8 aromatic heterocycles. The number of methoxy groups -OCH3 is 2. The summed E-state index contributed by atoms with van der Waals surface area (Å²) in [5.74, 6) is -1.09. The summed E-state index contributed by atoms with van der Waals surface area (Å²) in [6.45, 7) is 2.28. The average Bonchev–Trinajstić information content (AvgIpc) is 0.990. The van der Waals surface area contributed by atoms with Crippen LogP contribution in [0.15, 0.2) is 342 Å². The lowest BCUT2D eigenvalue weighted by Crippen LogP contribution is -2.25. The number of pyridine rings is 4. The number of hydrogen-bond donors (Lipinski definition) is 4. The number of hydrogen-bond acceptors (Lipinski definition) is 22. The van der Waals surface area contributed by atoms with Gasteiger partial charge in [-0.1, -0.05) is 166 Å². The normalized spacial score (nSPS) is 12.1. The van der Waals surface area contributed by atoms with E-state index >= 15 is 0 Å². The number of nitrogens with zero attached hydrogens (tertiary/aromatic N) is 4. The smallest absolute Gasteiger partial charge is 0.354 e. The second-order valence-corrected chi connectivity index (χ2v) is 34.1. The van der Waals surface area contributed by atoms with Gasteiger partial charge in [-0.25, -0.2) is 28.0 Å². The second kappa shape index (κ2) is 35.8. The maximum atomic E-state index is 13.6. The van der Waals surface area contributed by atoms with Crippen LogP contribution in [0.5, 0.6) is 34.5 Å². The van der Waals surface area contributed by atoms with Crippen LogP contribution in [0.1, 0.15) is 48.4 Å². The molecule has 29 heteroatoms. The van der Waals surface area contributed by atoms with Gasteiger partial charge in [0.05, 0.1) is 55.4 Å². The molecule has 4 N–H and O–H groups in total. The van der Waals surface area contributed by atoms with Gasteiger partial charge in [0.1, 0.15) is 65.1 Å². The van der Waals surface area contributed by atoms with Crippen molar-refractivity contribution in [2.24, 2.45) is 7.05 Å². The summed E-state index contributed by atoms with van der Waals surface area (Å²) in [5.41, 5.74) is 0.494. The minimum atomic E-state index is -0.741. The minimum Gasteiger partial charge on any atom is -0.507 e. The maximum absolute atomic E-state index is 13.6. The Kier molecular flexibility index (Phi) is 24.3. The fourth-order valence-electron chi connectivity index (χ4n) is 14.8. The lowest BCUT2D eigenvalue weighted by molar-refractivity contribution is 0.414. The molecule has 0 saturated heterocycles. The average molecular weight is 1800 g/mol. The Morgan fingerprint density at radius 3 is 1.37 bits per heavy atom. The van der Waals surface area contributed by atoms with Gasteiger partial charge in [0.2, 0.25) is 0 Å². The van der Waals surface area contributed by atoms with Gasteiger partial charge in [-0.3, -0.25) is 19.2 Å². The standard InChI is InChI=1S/C25H15BrFNO4S.C25H16FNO4S.C24H21NO4S.C21H17NO6S/c26-15-8-11-18-19(12-15)28(13-14-6-9-16(27)10-7-14)24(30)20-21(29)23(25(31)32-22(18)20)33-17-4-2-1-3-5-17;26-16-8-6-15(7-9-16)14-27-20-12-18(32-17-4-2-1-3-5-17)10-11-19(20)24-23(25(27)30)21(28)13-22(29)31-24;1-14-10-12-16(13-11-14)30-22-20(26)19-21(29-24(22)28)17-8-4-5-9-18(17)25(23(19)27)15-6-2-3-7-15;1-22-15-9-6-12(27-3)10-14(15)18-16(20(22)24)17(23)19(21(25)28-18)29-13-7-4-11(26-2)5-8-13/h1-12,29H,13H2;1-13,28H,14H2;4-5,8-13,15,26H,2-3,6-7H2,1H3;4-10,23H,1-3H3. The largest absolute Gasteiger partial charge is 0.507 e. The number of aromatic nitrogens is 4. The Balaban J connectivity index is 0.000000122. The Labute approximate surface area is 725 Å². The molecule has 622 valence electrons. The molecule has 0 spiro atoms. The fraction of sp³-hybridized carbons (Fsp3) is 0.116. The molecule has 1 aliphatic rings. The van der Waals surface area contributed by atoms with E-state index in [9.17, 15) is 67.6 Å². The lowest BCUT2D eigenvalue weighted by atomic mass is 10.1. The molecule has 0 unspecified atom stereocenters. The number of aromatic hydroxyl groups is 4. The summed E-state index contributed by atoms with van der Waals surface area (Å²) < 4.78 is 66.1. The predicted molar refractivity (Wildman–Crippen MR) is 481 cm³/mol. The highest BCUT2D eigenvalue weighted by Gasteiger charge is 2.29. The van der Waals surface area contributed by atoms with Gasteiger partial charge >= 0.3 is 22.5 Å². The van der Waals surface area contributed by atoms with E-state index in [0.717, 1.165) is 102 Å². The van der Waals surface area contributed by atoms with Crippen molar-refractivity contribution in [3.8, 4) is 34.5 Å². The van der Waals surface area contributed by atoms with Gasteiger partial charge in [-0.05, 0) is 183 Å². The molecule has 0 atom stereocenters. The van der Waals surface area contributed by atoms with Crippen LogP contribution in [0.2, 0.25) is 0 Å². The quantitative estimate of drug-likeness (QED) is 0.0693. The Morgan fingerprint density at radius 1 is 0.403 bits per heavy atom. The third kappa shape index (κ3) is 17.0. The van der Waals surface area contributed by atoms with E-state index in [-0.39, 0.29) is 101 Å². The molecular formula is C95H69BrF2N4O18S4. The molecule has 18 aromatic rings. The van der Waals surface area contributed by atoms with Crippen molar-refractivity contribution in [1.82, 2.24) is 18.3 Å². The first-order valence-electron chi connectivity index (χ1n) is 38.5. The summed E-state index contributed by atoms with van der Waals surface area (Å²) in [4.78, 5) is 108. The number of fused-ring (bicyclic) bond motifs is 12. The van der Waals surface area contributed by atoms with Crippen molar-refractivity contribution >= 4 is 150 Å². The van der Waals surface area contributed by atoms with Crippen molar-refractivity contribution in [1.29, 1.82) is 0 Å². The van der Waals surface area contributed by atoms with E-state index in [0.29, 0.717) is 65.6 Å². The zero-order valence-electron chi connectivity index (χ0n) is 66.0. The van der Waals surface area contributed by atoms with Crippen molar-refractivity contribution in [3.05, 3.63) is 359 Å². The number of para-hydroxylation sites is 1. The zero-order valence-corrected chi connectivity index (χ0v) is 70.8. The van der Waals surface area contributed by atoms with Gasteiger partial charge in [0.25, 0.3) is 22.2 Å². The minimum absolute atomic E-state index is 0.0257. The lowest BCUT2D eigenvalue weighted by Gasteiger charge is -2.18. The second-order valence-electron chi connectivity index (χ2n) is 28.7. The summed E-state index contributed by atoms with van der Waals surface area (Å²) in [5, 5.41) is 45.4. The van der Waals surface area contributed by atoms with E-state index in [2.05, 4.69) is 15.9 Å². The molecule has 1 aliphatic carbocycles. The van der Waals surface area contributed by atoms with Crippen LogP contribution in [-0.2, 0) is 20.1 Å². The molecule has 22 nitrogen and oxygen atoms in total. The van der Waals surface area contributed by atoms with Crippen LogP contribution < -0.4 is 54.2 Å². The molecule has 1 fully saturated rings. The summed E-state index contributed by atoms with van der Waals surface area (Å²) in [6.07, 6.45) is 4.01. The number of ether oxygens (including phenoxy) is 2. The van der Waals surface area contributed by atoms with Crippen molar-refractivity contribution < 1.29 is 56.3 Å². The Bertz CT molecular complexity index is 7780. The van der Waals surface area contributed by atoms with Gasteiger partial charge in [-0.15, -0.1) is 0 Å². The maximum Gasteiger partial charge on any atom is 0.354 e. The van der Waals surface area contributed by atoms with Crippen LogP contribution in [0.3, 0.4) is 0 Å². The molecule has 0 bridgehead atoms. The van der Waals surface area contributed by atoms with E-state index in [4.69, 9.17) is 27.1 Å². The number of rotatable bonds is 15. The highest BCUT2D eigenvalue weighted by molar-refractivity contribution is 9.10. The molecule has 0 amide bonds. The van der Waals surface area contributed by atoms with Crippen LogP contribution in [0.25, 0.3) is 87.5 Å². The zero-order chi connectivity index (χ0) is 86.9. The van der Waals surface area contributed by atoms with Crippen molar-refractivity contribution in [2.75, 3.05) is 14.2 Å². The molecule has 19 rings (SSSR count). The molecule has 0 aliphatic heterocycles.